The average molecular weight is 420 g/mol. The maximum atomic E-state index is 12.9. The van der Waals surface area contributed by atoms with E-state index in [2.05, 4.69) is 12.1 Å². The number of ether oxygens (including phenoxy) is 1. The molecule has 3 aromatic rings. The van der Waals surface area contributed by atoms with E-state index in [4.69, 9.17) is 4.74 Å². The lowest BCUT2D eigenvalue weighted by Crippen LogP contribution is -2.35. The molecule has 4 rings (SSSR count). The number of aryl methyl sites for hydroxylation is 2. The smallest absolute Gasteiger partial charge is 0.348 e. The average Bonchev–Trinajstić information content (AvgIpc) is 3.39. The molecule has 0 saturated heterocycles. The molecule has 0 saturated carbocycles. The Bertz CT molecular complexity index is 976. The number of hydrogen-bond donors (Lipinski definition) is 0. The first-order valence-corrected chi connectivity index (χ1v) is 11.1. The lowest BCUT2D eigenvalue weighted by Gasteiger charge is -2.23. The minimum absolute atomic E-state index is 0.174. The van der Waals surface area contributed by atoms with Gasteiger partial charge in [-0.05, 0) is 48.4 Å². The van der Waals surface area contributed by atoms with E-state index >= 15 is 0 Å². The highest BCUT2D eigenvalue weighted by molar-refractivity contribution is 7.14. The van der Waals surface area contributed by atoms with Gasteiger partial charge in [0.25, 0.3) is 5.91 Å². The third kappa shape index (κ3) is 5.16. The third-order valence-corrected chi connectivity index (χ3v) is 6.57. The van der Waals surface area contributed by atoms with Crippen molar-refractivity contribution < 1.29 is 14.3 Å². The first-order chi connectivity index (χ1) is 14.7. The fourth-order valence-corrected chi connectivity index (χ4v) is 4.87. The van der Waals surface area contributed by atoms with Crippen molar-refractivity contribution in [1.29, 1.82) is 0 Å². The predicted molar refractivity (Wildman–Crippen MR) is 119 cm³/mol. The number of hydrogen-bond acceptors (Lipinski definition) is 4. The summed E-state index contributed by atoms with van der Waals surface area (Å²) in [6.07, 6.45) is 3.98. The minimum Gasteiger partial charge on any atom is -0.451 e. The van der Waals surface area contributed by atoms with E-state index in [-0.39, 0.29) is 12.5 Å². The molecule has 154 valence electrons. The molecule has 1 aliphatic carbocycles. The number of esters is 1. The molecule has 30 heavy (non-hydrogen) atoms. The van der Waals surface area contributed by atoms with Crippen LogP contribution in [-0.4, -0.2) is 29.9 Å². The van der Waals surface area contributed by atoms with E-state index in [1.807, 2.05) is 54.6 Å². The Balaban J connectivity index is 1.38. The molecule has 0 spiro atoms. The number of rotatable bonds is 8. The summed E-state index contributed by atoms with van der Waals surface area (Å²) in [4.78, 5) is 29.0. The van der Waals surface area contributed by atoms with Crippen molar-refractivity contribution in [3.8, 4) is 0 Å². The Kier molecular flexibility index (Phi) is 6.60. The van der Waals surface area contributed by atoms with Gasteiger partial charge in [0.1, 0.15) is 4.88 Å². The van der Waals surface area contributed by atoms with Gasteiger partial charge in [0.2, 0.25) is 0 Å². The van der Waals surface area contributed by atoms with Gasteiger partial charge in [0.05, 0.1) is 0 Å². The lowest BCUT2D eigenvalue weighted by molar-refractivity contribution is -0.135. The molecule has 4 nitrogen and oxygen atoms in total. The highest BCUT2D eigenvalue weighted by Gasteiger charge is 2.21. The molecule has 0 aliphatic heterocycles. The van der Waals surface area contributed by atoms with Crippen LogP contribution in [-0.2, 0) is 35.3 Å². The molecular formula is C25H25NO3S. The molecule has 1 heterocycles. The Morgan fingerprint density at radius 1 is 0.933 bits per heavy atom. The van der Waals surface area contributed by atoms with Crippen molar-refractivity contribution >= 4 is 23.2 Å². The zero-order valence-electron chi connectivity index (χ0n) is 16.9. The second-order valence-corrected chi connectivity index (χ2v) is 8.66. The lowest BCUT2D eigenvalue weighted by atomic mass is 10.1. The highest BCUT2D eigenvalue weighted by Crippen LogP contribution is 2.30. The van der Waals surface area contributed by atoms with Crippen molar-refractivity contribution in [2.75, 3.05) is 13.2 Å². The predicted octanol–water partition coefficient (Wildman–Crippen LogP) is 4.67. The van der Waals surface area contributed by atoms with Gasteiger partial charge in [0, 0.05) is 18.0 Å². The molecule has 1 aliphatic rings. The van der Waals surface area contributed by atoms with Crippen molar-refractivity contribution in [1.82, 2.24) is 4.90 Å². The van der Waals surface area contributed by atoms with Crippen LogP contribution in [0.3, 0.4) is 0 Å². The topological polar surface area (TPSA) is 46.6 Å². The van der Waals surface area contributed by atoms with Crippen molar-refractivity contribution in [3.63, 3.8) is 0 Å². The number of fused-ring (bicyclic) bond motifs is 1. The first-order valence-electron chi connectivity index (χ1n) is 10.3. The van der Waals surface area contributed by atoms with Crippen LogP contribution < -0.4 is 0 Å². The normalized spacial score (nSPS) is 12.4. The van der Waals surface area contributed by atoms with E-state index in [1.165, 1.54) is 27.3 Å². The zero-order valence-corrected chi connectivity index (χ0v) is 17.7. The van der Waals surface area contributed by atoms with Crippen LogP contribution in [0.1, 0.15) is 37.7 Å². The Labute approximate surface area is 181 Å². The van der Waals surface area contributed by atoms with Gasteiger partial charge in [0.15, 0.2) is 6.61 Å². The summed E-state index contributed by atoms with van der Waals surface area (Å²) in [6, 6.07) is 21.9. The Hall–Kier alpha value is -2.92. The van der Waals surface area contributed by atoms with Gasteiger partial charge in [-0.15, -0.1) is 11.3 Å². The van der Waals surface area contributed by atoms with Crippen LogP contribution >= 0.6 is 11.3 Å². The fraction of sp³-hybridized carbons (Fsp3) is 0.280. The van der Waals surface area contributed by atoms with Crippen molar-refractivity contribution in [3.05, 3.63) is 93.2 Å². The molecule has 5 heteroatoms. The number of thiophene rings is 1. The summed E-state index contributed by atoms with van der Waals surface area (Å²) in [7, 11) is 0. The van der Waals surface area contributed by atoms with Gasteiger partial charge in [-0.25, -0.2) is 4.79 Å². The van der Waals surface area contributed by atoms with E-state index in [0.29, 0.717) is 18.0 Å². The summed E-state index contributed by atoms with van der Waals surface area (Å²) >= 11 is 1.50. The summed E-state index contributed by atoms with van der Waals surface area (Å²) in [5.74, 6) is -0.572. The second-order valence-electron chi connectivity index (χ2n) is 7.53. The van der Waals surface area contributed by atoms with Crippen LogP contribution in [0.5, 0.6) is 0 Å². The number of benzene rings is 2. The zero-order chi connectivity index (χ0) is 20.8. The molecule has 1 amide bonds. The first kappa shape index (κ1) is 20.4. The second kappa shape index (κ2) is 9.72. The number of carbonyl (C=O) groups is 2. The number of carbonyl (C=O) groups excluding carboxylic acids is 2. The van der Waals surface area contributed by atoms with Gasteiger partial charge >= 0.3 is 5.97 Å². The largest absolute Gasteiger partial charge is 0.451 e. The number of amides is 1. The Morgan fingerprint density at radius 2 is 1.63 bits per heavy atom. The molecule has 2 aromatic carbocycles. The van der Waals surface area contributed by atoms with E-state index in [0.717, 1.165) is 31.2 Å². The SMILES string of the molecule is O=C(OCC(=O)N(CCc1ccccc1)Cc1ccccc1)c1cc2c(s1)CCC2. The monoisotopic (exact) mass is 419 g/mol. The molecule has 0 radical (unpaired) electrons. The Morgan fingerprint density at radius 3 is 2.33 bits per heavy atom. The van der Waals surface area contributed by atoms with Crippen molar-refractivity contribution in [2.45, 2.75) is 32.2 Å². The van der Waals surface area contributed by atoms with E-state index in [1.54, 1.807) is 4.90 Å². The summed E-state index contributed by atoms with van der Waals surface area (Å²) in [6.45, 7) is 0.836. The van der Waals surface area contributed by atoms with Crippen LogP contribution in [0.2, 0.25) is 0 Å². The van der Waals surface area contributed by atoms with Gasteiger partial charge in [-0.3, -0.25) is 4.79 Å². The van der Waals surface area contributed by atoms with Crippen LogP contribution in [0.25, 0.3) is 0 Å². The highest BCUT2D eigenvalue weighted by atomic mass is 32.1. The molecule has 0 N–H and O–H groups in total. The summed E-state index contributed by atoms with van der Waals surface area (Å²) in [5.41, 5.74) is 3.49. The molecule has 0 bridgehead atoms. The molecule has 1 aromatic heterocycles. The molecule has 0 atom stereocenters. The standard InChI is InChI=1S/C25H25NO3S/c27-24(18-29-25(28)23-16-21-12-7-13-22(21)30-23)26(17-20-10-5-2-6-11-20)15-14-19-8-3-1-4-9-19/h1-6,8-11,16H,7,12-15,17-18H2. The summed E-state index contributed by atoms with van der Waals surface area (Å²) < 4.78 is 5.38. The van der Waals surface area contributed by atoms with E-state index in [9.17, 15) is 9.59 Å². The molecule has 0 fully saturated rings. The van der Waals surface area contributed by atoms with Crippen molar-refractivity contribution in [2.24, 2.45) is 0 Å². The van der Waals surface area contributed by atoms with Gasteiger partial charge in [-0.2, -0.15) is 0 Å². The minimum atomic E-state index is -0.398. The van der Waals surface area contributed by atoms with Gasteiger partial charge in [-0.1, -0.05) is 60.7 Å². The number of nitrogens with zero attached hydrogens (tertiary/aromatic N) is 1. The maximum absolute atomic E-state index is 12.9. The molecular weight excluding hydrogens is 394 g/mol. The summed E-state index contributed by atoms with van der Waals surface area (Å²) in [5, 5.41) is 0. The maximum Gasteiger partial charge on any atom is 0.348 e. The van der Waals surface area contributed by atoms with Gasteiger partial charge < -0.3 is 9.64 Å². The van der Waals surface area contributed by atoms with E-state index < -0.39 is 5.97 Å². The fourth-order valence-electron chi connectivity index (χ4n) is 3.72. The van der Waals surface area contributed by atoms with Crippen LogP contribution in [0.4, 0.5) is 0 Å². The quantitative estimate of drug-likeness (QED) is 0.499. The van der Waals surface area contributed by atoms with Crippen LogP contribution in [0.15, 0.2) is 66.7 Å². The van der Waals surface area contributed by atoms with Crippen LogP contribution in [0, 0.1) is 0 Å². The third-order valence-electron chi connectivity index (χ3n) is 5.36. The molecule has 0 unspecified atom stereocenters.